The van der Waals surface area contributed by atoms with Gasteiger partial charge in [0.1, 0.15) is 0 Å². The van der Waals surface area contributed by atoms with Crippen LogP contribution < -0.4 is 16.1 Å². The molecule has 28 heavy (non-hydrogen) atoms. The molecule has 0 amide bonds. The van der Waals surface area contributed by atoms with Crippen molar-refractivity contribution >= 4 is 24.2 Å². The van der Waals surface area contributed by atoms with Crippen LogP contribution in [0.5, 0.6) is 0 Å². The molecule has 1 aliphatic rings. The van der Waals surface area contributed by atoms with Gasteiger partial charge >= 0.3 is 7.12 Å². The van der Waals surface area contributed by atoms with E-state index in [0.29, 0.717) is 12.5 Å². The highest BCUT2D eigenvalue weighted by Crippen LogP contribution is 2.36. The Morgan fingerprint density at radius 2 is 1.61 bits per heavy atom. The van der Waals surface area contributed by atoms with Crippen molar-refractivity contribution in [3.63, 3.8) is 0 Å². The Balaban J connectivity index is 1.64. The Hall–Kier alpha value is -2.82. The van der Waals surface area contributed by atoms with Gasteiger partial charge in [-0.1, -0.05) is 42.5 Å². The zero-order valence-electron chi connectivity index (χ0n) is 16.7. The zero-order chi connectivity index (χ0) is 20.2. The van der Waals surface area contributed by atoms with Crippen LogP contribution in [-0.2, 0) is 15.9 Å². The number of benzene rings is 2. The standard InChI is InChI=1S/C21H25BN4O2/c1-20(2)21(3,4)28-22(27-20)17-10-12-18(13-11-17)26-19(25-15-23)24-14-16-8-6-5-7-9-16/h5-13H,14H2,1-4H3,(H2,24,25,26). The van der Waals surface area contributed by atoms with Gasteiger partial charge in [-0.05, 0) is 50.9 Å². The van der Waals surface area contributed by atoms with E-state index in [1.165, 1.54) is 0 Å². The summed E-state index contributed by atoms with van der Waals surface area (Å²) in [7, 11) is -0.400. The zero-order valence-corrected chi connectivity index (χ0v) is 16.7. The molecule has 0 bridgehead atoms. The molecule has 144 valence electrons. The number of hydrogen-bond donors (Lipinski definition) is 2. The number of nitrogens with one attached hydrogen (secondary N) is 2. The fraction of sp³-hybridized carbons (Fsp3) is 0.333. The first kappa shape index (κ1) is 19.9. The Morgan fingerprint density at radius 3 is 2.18 bits per heavy atom. The fourth-order valence-corrected chi connectivity index (χ4v) is 2.78. The van der Waals surface area contributed by atoms with Gasteiger partial charge in [-0.3, -0.25) is 0 Å². The topological polar surface area (TPSA) is 78.7 Å². The summed E-state index contributed by atoms with van der Waals surface area (Å²) in [5.74, 6) is 0.398. The van der Waals surface area contributed by atoms with Crippen molar-refractivity contribution in [2.45, 2.75) is 45.4 Å². The maximum atomic E-state index is 8.95. The van der Waals surface area contributed by atoms with Crippen LogP contribution in [0.2, 0.25) is 0 Å². The molecule has 2 N–H and O–H groups in total. The van der Waals surface area contributed by atoms with E-state index in [1.54, 1.807) is 0 Å². The van der Waals surface area contributed by atoms with Gasteiger partial charge in [-0.15, -0.1) is 4.99 Å². The lowest BCUT2D eigenvalue weighted by Gasteiger charge is -2.32. The SMILES string of the molecule is CC1(C)OB(c2ccc(N/C(=N/C#N)NCc3ccccc3)cc2)OC1(C)C. The van der Waals surface area contributed by atoms with Crippen molar-refractivity contribution in [2.75, 3.05) is 5.32 Å². The van der Waals surface area contributed by atoms with E-state index in [0.717, 1.165) is 16.7 Å². The van der Waals surface area contributed by atoms with Crippen LogP contribution in [0, 0.1) is 11.5 Å². The second-order valence-corrected chi connectivity index (χ2v) is 7.73. The third-order valence-electron chi connectivity index (χ3n) is 5.16. The molecule has 0 aliphatic carbocycles. The second-order valence-electron chi connectivity index (χ2n) is 7.73. The highest BCUT2D eigenvalue weighted by atomic mass is 16.7. The monoisotopic (exact) mass is 376 g/mol. The number of hydrogen-bond acceptors (Lipinski definition) is 4. The summed E-state index contributed by atoms with van der Waals surface area (Å²) in [6, 6.07) is 17.7. The van der Waals surface area contributed by atoms with E-state index in [2.05, 4.69) is 15.6 Å². The lowest BCUT2D eigenvalue weighted by atomic mass is 9.79. The smallest absolute Gasteiger partial charge is 0.399 e. The molecule has 6 nitrogen and oxygen atoms in total. The van der Waals surface area contributed by atoms with Gasteiger partial charge < -0.3 is 19.9 Å². The molecule has 1 heterocycles. The summed E-state index contributed by atoms with van der Waals surface area (Å²) in [5.41, 5.74) is 2.12. The van der Waals surface area contributed by atoms with Crippen LogP contribution in [0.3, 0.4) is 0 Å². The van der Waals surface area contributed by atoms with E-state index in [-0.39, 0.29) is 11.2 Å². The lowest BCUT2D eigenvalue weighted by Crippen LogP contribution is -2.41. The molecule has 0 saturated carbocycles. The molecule has 1 fully saturated rings. The Kier molecular flexibility index (Phi) is 5.73. The molecular formula is C21H25BN4O2. The van der Waals surface area contributed by atoms with Gasteiger partial charge in [0.2, 0.25) is 12.2 Å². The summed E-state index contributed by atoms with van der Waals surface area (Å²) >= 11 is 0. The molecule has 0 aromatic heterocycles. The predicted octanol–water partition coefficient (Wildman–Crippen LogP) is 3.02. The van der Waals surface area contributed by atoms with Gasteiger partial charge in [0.15, 0.2) is 0 Å². The highest BCUT2D eigenvalue weighted by Gasteiger charge is 2.51. The summed E-state index contributed by atoms with van der Waals surface area (Å²) < 4.78 is 12.2. The van der Waals surface area contributed by atoms with Crippen LogP contribution in [0.1, 0.15) is 33.3 Å². The Bertz CT molecular complexity index is 858. The first-order valence-corrected chi connectivity index (χ1v) is 9.28. The highest BCUT2D eigenvalue weighted by molar-refractivity contribution is 6.62. The first-order chi connectivity index (χ1) is 13.3. The molecule has 2 aromatic carbocycles. The number of anilines is 1. The second kappa shape index (κ2) is 8.05. The molecule has 0 spiro atoms. The molecule has 0 radical (unpaired) electrons. The van der Waals surface area contributed by atoms with Crippen LogP contribution in [-0.4, -0.2) is 24.3 Å². The molecule has 0 atom stereocenters. The number of nitrogens with zero attached hydrogens (tertiary/aromatic N) is 2. The van der Waals surface area contributed by atoms with Crippen molar-refractivity contribution in [2.24, 2.45) is 4.99 Å². The van der Waals surface area contributed by atoms with Crippen molar-refractivity contribution < 1.29 is 9.31 Å². The van der Waals surface area contributed by atoms with E-state index in [4.69, 9.17) is 14.6 Å². The van der Waals surface area contributed by atoms with Crippen molar-refractivity contribution in [1.82, 2.24) is 5.32 Å². The van der Waals surface area contributed by atoms with Gasteiger partial charge in [0.25, 0.3) is 0 Å². The number of nitriles is 1. The summed E-state index contributed by atoms with van der Waals surface area (Å²) in [6.07, 6.45) is 1.82. The average Bonchev–Trinajstić information content (AvgIpc) is 2.89. The van der Waals surface area contributed by atoms with Crippen LogP contribution >= 0.6 is 0 Å². The summed E-state index contributed by atoms with van der Waals surface area (Å²) in [6.45, 7) is 8.70. The minimum absolute atomic E-state index is 0.372. The minimum atomic E-state index is -0.400. The van der Waals surface area contributed by atoms with Gasteiger partial charge in [-0.2, -0.15) is 5.26 Å². The van der Waals surface area contributed by atoms with E-state index in [9.17, 15) is 0 Å². The number of aliphatic imine (C=N–C) groups is 1. The largest absolute Gasteiger partial charge is 0.494 e. The Labute approximate surface area is 166 Å². The lowest BCUT2D eigenvalue weighted by molar-refractivity contribution is 0.00578. The predicted molar refractivity (Wildman–Crippen MR) is 112 cm³/mol. The van der Waals surface area contributed by atoms with Crippen LogP contribution in [0.25, 0.3) is 0 Å². The molecule has 1 saturated heterocycles. The third-order valence-corrected chi connectivity index (χ3v) is 5.16. The average molecular weight is 376 g/mol. The maximum Gasteiger partial charge on any atom is 0.494 e. The van der Waals surface area contributed by atoms with Crippen LogP contribution in [0.4, 0.5) is 5.69 Å². The van der Waals surface area contributed by atoms with E-state index >= 15 is 0 Å². The molecule has 1 aliphatic heterocycles. The summed E-state index contributed by atoms with van der Waals surface area (Å²) in [4.78, 5) is 3.82. The summed E-state index contributed by atoms with van der Waals surface area (Å²) in [5, 5.41) is 15.2. The molecule has 0 unspecified atom stereocenters. The normalized spacial score (nSPS) is 17.8. The number of guanidine groups is 1. The first-order valence-electron chi connectivity index (χ1n) is 9.28. The van der Waals surface area contributed by atoms with E-state index in [1.807, 2.05) is 88.5 Å². The number of rotatable bonds is 4. The molecule has 7 heteroatoms. The van der Waals surface area contributed by atoms with Gasteiger partial charge in [0.05, 0.1) is 11.2 Å². The van der Waals surface area contributed by atoms with Gasteiger partial charge in [0, 0.05) is 12.2 Å². The van der Waals surface area contributed by atoms with Crippen LogP contribution in [0.15, 0.2) is 59.6 Å². The maximum absolute atomic E-state index is 8.95. The fourth-order valence-electron chi connectivity index (χ4n) is 2.78. The van der Waals surface area contributed by atoms with Crippen molar-refractivity contribution in [3.8, 4) is 6.19 Å². The minimum Gasteiger partial charge on any atom is -0.399 e. The molecular weight excluding hydrogens is 351 g/mol. The molecule has 2 aromatic rings. The van der Waals surface area contributed by atoms with Crippen molar-refractivity contribution in [3.05, 3.63) is 60.2 Å². The quantitative estimate of drug-likeness (QED) is 0.371. The van der Waals surface area contributed by atoms with Crippen molar-refractivity contribution in [1.29, 1.82) is 5.26 Å². The molecule has 3 rings (SSSR count). The Morgan fingerprint density at radius 1 is 1.00 bits per heavy atom. The van der Waals surface area contributed by atoms with Gasteiger partial charge in [-0.25, -0.2) is 0 Å². The third kappa shape index (κ3) is 4.53. The van der Waals surface area contributed by atoms with E-state index < -0.39 is 7.12 Å².